The Bertz CT molecular complexity index is 802. The number of halogens is 3. The molecule has 2 rings (SSSR count). The molecule has 0 saturated heterocycles. The number of ether oxygens (including phenoxy) is 1. The van der Waals surface area contributed by atoms with Gasteiger partial charge in [0.15, 0.2) is 0 Å². The van der Waals surface area contributed by atoms with Crippen molar-refractivity contribution in [3.8, 4) is 17.6 Å². The van der Waals surface area contributed by atoms with Crippen LogP contribution in [-0.2, 0) is 0 Å². The Hall–Kier alpha value is -3.14. The number of carbonyl (C=O) groups is 1. The number of nitrogens with one attached hydrogen (secondary N) is 1. The minimum atomic E-state index is -4.76. The molecule has 0 unspecified atom stereocenters. The van der Waals surface area contributed by atoms with Crippen LogP contribution < -0.4 is 15.0 Å². The van der Waals surface area contributed by atoms with Gasteiger partial charge in [0, 0.05) is 30.9 Å². The summed E-state index contributed by atoms with van der Waals surface area (Å²) in [5, 5.41) is 2.58. The molecule has 0 fully saturated rings. The van der Waals surface area contributed by atoms with Crippen molar-refractivity contribution in [2.24, 2.45) is 0 Å². The SMILES string of the molecule is CN(C)c1ccc(C#CCNC(=O)c2ccc(OC(F)(F)F)cc2)cc1. The highest BCUT2D eigenvalue weighted by Crippen LogP contribution is 2.22. The summed E-state index contributed by atoms with van der Waals surface area (Å²) >= 11 is 0. The maximum atomic E-state index is 12.1. The summed E-state index contributed by atoms with van der Waals surface area (Å²) in [7, 11) is 3.88. The van der Waals surface area contributed by atoms with Crippen molar-refractivity contribution < 1.29 is 22.7 Å². The molecule has 1 amide bonds. The van der Waals surface area contributed by atoms with E-state index in [1.807, 2.05) is 43.3 Å². The summed E-state index contributed by atoms with van der Waals surface area (Å²) in [4.78, 5) is 13.9. The molecule has 4 nitrogen and oxygen atoms in total. The minimum Gasteiger partial charge on any atom is -0.406 e. The van der Waals surface area contributed by atoms with Gasteiger partial charge in [-0.3, -0.25) is 4.79 Å². The van der Waals surface area contributed by atoms with E-state index in [1.165, 1.54) is 12.1 Å². The summed E-state index contributed by atoms with van der Waals surface area (Å²) < 4.78 is 40.0. The molecule has 0 aromatic heterocycles. The Kier molecular flexibility index (Phi) is 6.12. The standard InChI is InChI=1S/C19H17F3N2O2/c1-24(2)16-9-5-14(6-10-16)4-3-13-23-18(25)15-7-11-17(12-8-15)26-19(20,21)22/h5-12H,13H2,1-2H3,(H,23,25). The molecule has 0 radical (unpaired) electrons. The van der Waals surface area contributed by atoms with Crippen LogP contribution in [-0.4, -0.2) is 32.9 Å². The third kappa shape index (κ3) is 6.06. The molecule has 26 heavy (non-hydrogen) atoms. The number of rotatable bonds is 4. The van der Waals surface area contributed by atoms with Crippen molar-refractivity contribution in [2.45, 2.75) is 6.36 Å². The van der Waals surface area contributed by atoms with Gasteiger partial charge in [-0.15, -0.1) is 13.2 Å². The van der Waals surface area contributed by atoms with Gasteiger partial charge in [0.05, 0.1) is 6.54 Å². The first kappa shape index (κ1) is 19.2. The average molecular weight is 362 g/mol. The molecule has 136 valence electrons. The van der Waals surface area contributed by atoms with Gasteiger partial charge in [-0.05, 0) is 48.5 Å². The zero-order valence-corrected chi connectivity index (χ0v) is 14.2. The zero-order chi connectivity index (χ0) is 19.2. The van der Waals surface area contributed by atoms with E-state index in [0.29, 0.717) is 0 Å². The van der Waals surface area contributed by atoms with Gasteiger partial charge in [-0.2, -0.15) is 0 Å². The summed E-state index contributed by atoms with van der Waals surface area (Å²) in [6, 6.07) is 12.3. The molecule has 0 heterocycles. The zero-order valence-electron chi connectivity index (χ0n) is 14.2. The number of nitrogens with zero attached hydrogens (tertiary/aromatic N) is 1. The maximum absolute atomic E-state index is 12.1. The van der Waals surface area contributed by atoms with Crippen molar-refractivity contribution >= 4 is 11.6 Å². The van der Waals surface area contributed by atoms with E-state index < -0.39 is 12.3 Å². The maximum Gasteiger partial charge on any atom is 0.573 e. The van der Waals surface area contributed by atoms with E-state index in [9.17, 15) is 18.0 Å². The van der Waals surface area contributed by atoms with E-state index >= 15 is 0 Å². The summed E-state index contributed by atoms with van der Waals surface area (Å²) in [5.41, 5.74) is 2.09. The van der Waals surface area contributed by atoms with Gasteiger partial charge in [0.1, 0.15) is 5.75 Å². The van der Waals surface area contributed by atoms with Crippen LogP contribution in [0.5, 0.6) is 5.75 Å². The Morgan fingerprint density at radius 1 is 1.08 bits per heavy atom. The molecule has 2 aromatic carbocycles. The summed E-state index contributed by atoms with van der Waals surface area (Å²) in [6.07, 6.45) is -4.76. The van der Waals surface area contributed by atoms with Gasteiger partial charge >= 0.3 is 6.36 Å². The van der Waals surface area contributed by atoms with Crippen LogP contribution in [0.2, 0.25) is 0 Å². The predicted molar refractivity (Wildman–Crippen MR) is 93.1 cm³/mol. The monoisotopic (exact) mass is 362 g/mol. The largest absolute Gasteiger partial charge is 0.573 e. The van der Waals surface area contributed by atoms with Crippen LogP contribution in [0.4, 0.5) is 18.9 Å². The average Bonchev–Trinajstić information content (AvgIpc) is 2.58. The van der Waals surface area contributed by atoms with E-state index in [4.69, 9.17) is 0 Å². The second-order valence-corrected chi connectivity index (χ2v) is 5.50. The highest BCUT2D eigenvalue weighted by Gasteiger charge is 2.31. The first-order chi connectivity index (χ1) is 12.2. The van der Waals surface area contributed by atoms with Gasteiger partial charge < -0.3 is 15.0 Å². The lowest BCUT2D eigenvalue weighted by molar-refractivity contribution is -0.274. The molecular weight excluding hydrogens is 345 g/mol. The number of amides is 1. The predicted octanol–water partition coefficient (Wildman–Crippen LogP) is 3.43. The lowest BCUT2D eigenvalue weighted by atomic mass is 10.2. The van der Waals surface area contributed by atoms with Crippen LogP contribution in [0.25, 0.3) is 0 Å². The fourth-order valence-electron chi connectivity index (χ4n) is 2.02. The second-order valence-electron chi connectivity index (χ2n) is 5.50. The third-order valence-corrected chi connectivity index (χ3v) is 3.30. The second kappa shape index (κ2) is 8.30. The third-order valence-electron chi connectivity index (χ3n) is 3.30. The smallest absolute Gasteiger partial charge is 0.406 e. The van der Waals surface area contributed by atoms with E-state index in [2.05, 4.69) is 21.9 Å². The molecule has 2 aromatic rings. The Balaban J connectivity index is 1.87. The molecule has 0 aliphatic heterocycles. The lowest BCUT2D eigenvalue weighted by Gasteiger charge is -2.11. The fraction of sp³-hybridized carbons (Fsp3) is 0.211. The molecule has 7 heteroatoms. The Morgan fingerprint density at radius 3 is 2.23 bits per heavy atom. The molecular formula is C19H17F3N2O2. The number of hydrogen-bond donors (Lipinski definition) is 1. The number of benzene rings is 2. The van der Waals surface area contributed by atoms with Crippen molar-refractivity contribution in [3.63, 3.8) is 0 Å². The van der Waals surface area contributed by atoms with Crippen LogP contribution in [0.15, 0.2) is 48.5 Å². The van der Waals surface area contributed by atoms with Crippen LogP contribution in [0.1, 0.15) is 15.9 Å². The van der Waals surface area contributed by atoms with Crippen molar-refractivity contribution in [1.29, 1.82) is 0 Å². The molecule has 0 aliphatic carbocycles. The summed E-state index contributed by atoms with van der Waals surface area (Å²) in [5.74, 6) is 4.94. The fourth-order valence-corrected chi connectivity index (χ4v) is 2.02. The molecule has 0 bridgehead atoms. The molecule has 1 N–H and O–H groups in total. The Labute approximate surface area is 149 Å². The van der Waals surface area contributed by atoms with Crippen LogP contribution in [0.3, 0.4) is 0 Å². The quantitative estimate of drug-likeness (QED) is 0.848. The lowest BCUT2D eigenvalue weighted by Crippen LogP contribution is -2.23. The minimum absolute atomic E-state index is 0.120. The first-order valence-corrected chi connectivity index (χ1v) is 7.65. The number of carbonyl (C=O) groups excluding carboxylic acids is 1. The van der Waals surface area contributed by atoms with Gasteiger partial charge in [-0.1, -0.05) is 11.8 Å². The van der Waals surface area contributed by atoms with Crippen molar-refractivity contribution in [3.05, 3.63) is 59.7 Å². The van der Waals surface area contributed by atoms with Crippen molar-refractivity contribution in [2.75, 3.05) is 25.5 Å². The van der Waals surface area contributed by atoms with Gasteiger partial charge in [-0.25, -0.2) is 0 Å². The topological polar surface area (TPSA) is 41.6 Å². The molecule has 0 saturated carbocycles. The number of alkyl halides is 3. The van der Waals surface area contributed by atoms with Crippen LogP contribution in [0, 0.1) is 11.8 Å². The highest BCUT2D eigenvalue weighted by atomic mass is 19.4. The number of anilines is 1. The summed E-state index contributed by atoms with van der Waals surface area (Å²) in [6.45, 7) is 0.120. The normalized spacial score (nSPS) is 10.5. The first-order valence-electron chi connectivity index (χ1n) is 7.65. The van der Waals surface area contributed by atoms with E-state index in [0.717, 1.165) is 23.4 Å². The highest BCUT2D eigenvalue weighted by molar-refractivity contribution is 5.94. The van der Waals surface area contributed by atoms with Gasteiger partial charge in [0.2, 0.25) is 0 Å². The molecule has 0 aliphatic rings. The molecule has 0 spiro atoms. The van der Waals surface area contributed by atoms with Gasteiger partial charge in [0.25, 0.3) is 5.91 Å². The number of hydrogen-bond acceptors (Lipinski definition) is 3. The van der Waals surface area contributed by atoms with Crippen molar-refractivity contribution in [1.82, 2.24) is 5.32 Å². The van der Waals surface area contributed by atoms with E-state index in [-0.39, 0.29) is 17.9 Å². The van der Waals surface area contributed by atoms with Crippen LogP contribution >= 0.6 is 0 Å². The van der Waals surface area contributed by atoms with E-state index in [1.54, 1.807) is 0 Å². The Morgan fingerprint density at radius 2 is 1.69 bits per heavy atom. The molecule has 0 atom stereocenters.